The number of rotatable bonds is 7. The standard InChI is InChI=1S/C70H43N5OS/c1-2-15-41(16-3-1)68-71-69(73-70(72-68)45-31-33-53-52-23-6-10-28-61(52)76-62(53)39-45)44-19-13-20-47(36-44)75-60-34-32-48(74-58-26-8-4-21-50(58)51-22-5-9-27-59(51)74)40-57(60)66-55-37-46(55)38-56(67(66)75)43-18-12-17-42(35-43)49-25-14-30-64-65(49)54-24-7-11-29-63(54)77-64/h1-36,38-40,46,55H,37H2. The highest BCUT2D eigenvalue weighted by atomic mass is 32.1. The normalized spacial score (nSPS) is 15.0. The zero-order chi connectivity index (χ0) is 50.3. The fourth-order valence-electron chi connectivity index (χ4n) is 12.7. The van der Waals surface area contributed by atoms with Crippen molar-refractivity contribution in [2.24, 2.45) is 5.92 Å². The van der Waals surface area contributed by atoms with Gasteiger partial charge in [0.1, 0.15) is 11.2 Å². The van der Waals surface area contributed by atoms with Crippen LogP contribution in [0.15, 0.2) is 241 Å². The third-order valence-corrected chi connectivity index (χ3v) is 17.4. The maximum Gasteiger partial charge on any atom is 0.164 e. The molecule has 15 aromatic rings. The highest BCUT2D eigenvalue weighted by molar-refractivity contribution is 7.25. The summed E-state index contributed by atoms with van der Waals surface area (Å²) in [5.74, 6) is 2.65. The minimum absolute atomic E-state index is 0.409. The number of benzene rings is 10. The molecule has 2 atom stereocenters. The van der Waals surface area contributed by atoms with Crippen molar-refractivity contribution in [2.75, 3.05) is 0 Å². The van der Waals surface area contributed by atoms with Crippen molar-refractivity contribution < 1.29 is 4.42 Å². The summed E-state index contributed by atoms with van der Waals surface area (Å²) >= 11 is 1.87. The second kappa shape index (κ2) is 16.4. The lowest BCUT2D eigenvalue weighted by Gasteiger charge is -2.20. The Labute approximate surface area is 446 Å². The fraction of sp³-hybridized carbons (Fsp3) is 0.0429. The minimum Gasteiger partial charge on any atom is -0.456 e. The molecule has 5 aromatic heterocycles. The highest BCUT2D eigenvalue weighted by Gasteiger charge is 2.45. The summed E-state index contributed by atoms with van der Waals surface area (Å²) in [6, 6.07) is 83.0. The summed E-state index contributed by atoms with van der Waals surface area (Å²) < 4.78 is 14.0. The lowest BCUT2D eigenvalue weighted by atomic mass is 9.88. The van der Waals surface area contributed by atoms with Crippen LogP contribution in [-0.2, 0) is 0 Å². The van der Waals surface area contributed by atoms with Crippen molar-refractivity contribution in [1.82, 2.24) is 24.1 Å². The van der Waals surface area contributed by atoms with E-state index < -0.39 is 0 Å². The number of hydrogen-bond donors (Lipinski definition) is 0. The second-order valence-electron chi connectivity index (χ2n) is 20.6. The molecule has 17 rings (SSSR count). The Hall–Kier alpha value is -9.69. The molecule has 0 saturated heterocycles. The van der Waals surface area contributed by atoms with Crippen LogP contribution in [0, 0.1) is 5.92 Å². The smallest absolute Gasteiger partial charge is 0.164 e. The first-order chi connectivity index (χ1) is 38.1. The van der Waals surface area contributed by atoms with E-state index >= 15 is 0 Å². The SMILES string of the molecule is C1=C(c2cccc(-c3cccc4sc5ccccc5c34)c2)c2c(c3cc(-n4c5ccccc5c5ccccc54)ccc3n2-c2cccc(-c3nc(-c4ccccc4)nc(-c4ccc5c(c4)oc4ccccc45)n3)c2)C2CC12. The average molecular weight is 1000 g/mol. The van der Waals surface area contributed by atoms with E-state index in [0.717, 1.165) is 56.4 Å². The molecule has 0 spiro atoms. The number of fused-ring (bicyclic) bond motifs is 14. The molecule has 360 valence electrons. The summed E-state index contributed by atoms with van der Waals surface area (Å²) in [5, 5.41) is 8.56. The molecule has 0 amide bonds. The van der Waals surface area contributed by atoms with Crippen molar-refractivity contribution in [3.05, 3.63) is 253 Å². The van der Waals surface area contributed by atoms with E-state index in [4.69, 9.17) is 19.4 Å². The van der Waals surface area contributed by atoms with Crippen molar-refractivity contribution in [3.8, 4) is 56.7 Å². The molecule has 0 aliphatic heterocycles. The van der Waals surface area contributed by atoms with Crippen molar-refractivity contribution in [3.63, 3.8) is 0 Å². The molecule has 5 heterocycles. The number of aromatic nitrogens is 5. The van der Waals surface area contributed by atoms with Crippen LogP contribution >= 0.6 is 11.3 Å². The van der Waals surface area contributed by atoms with Gasteiger partial charge in [-0.05, 0) is 119 Å². The Morgan fingerprint density at radius 1 is 0.403 bits per heavy atom. The van der Waals surface area contributed by atoms with Crippen LogP contribution in [-0.4, -0.2) is 24.1 Å². The van der Waals surface area contributed by atoms with Gasteiger partial charge in [0, 0.05) is 80.7 Å². The first-order valence-electron chi connectivity index (χ1n) is 26.4. The van der Waals surface area contributed by atoms with Crippen LogP contribution < -0.4 is 0 Å². The van der Waals surface area contributed by atoms with Gasteiger partial charge in [-0.2, -0.15) is 0 Å². The highest BCUT2D eigenvalue weighted by Crippen LogP contribution is 2.59. The van der Waals surface area contributed by atoms with E-state index in [1.165, 1.54) is 86.4 Å². The molecule has 1 saturated carbocycles. The Morgan fingerprint density at radius 3 is 1.84 bits per heavy atom. The number of thiophene rings is 1. The molecule has 0 N–H and O–H groups in total. The molecular weight excluding hydrogens is 959 g/mol. The van der Waals surface area contributed by atoms with Gasteiger partial charge in [0.25, 0.3) is 0 Å². The van der Waals surface area contributed by atoms with Gasteiger partial charge >= 0.3 is 0 Å². The summed E-state index contributed by atoms with van der Waals surface area (Å²) in [4.78, 5) is 15.7. The topological polar surface area (TPSA) is 61.7 Å². The van der Waals surface area contributed by atoms with Gasteiger partial charge in [-0.15, -0.1) is 11.3 Å². The molecule has 2 aliphatic rings. The summed E-state index contributed by atoms with van der Waals surface area (Å²) in [5.41, 5.74) is 17.7. The molecule has 2 aliphatic carbocycles. The van der Waals surface area contributed by atoms with Crippen LogP contribution in [0.3, 0.4) is 0 Å². The van der Waals surface area contributed by atoms with E-state index in [-0.39, 0.29) is 0 Å². The second-order valence-corrected chi connectivity index (χ2v) is 21.7. The molecule has 0 radical (unpaired) electrons. The van der Waals surface area contributed by atoms with E-state index in [9.17, 15) is 0 Å². The molecule has 6 nitrogen and oxygen atoms in total. The maximum absolute atomic E-state index is 6.38. The van der Waals surface area contributed by atoms with E-state index in [2.05, 4.69) is 209 Å². The van der Waals surface area contributed by atoms with Crippen LogP contribution in [0.1, 0.15) is 29.2 Å². The number of para-hydroxylation sites is 3. The van der Waals surface area contributed by atoms with Gasteiger partial charge in [-0.1, -0.05) is 158 Å². The minimum atomic E-state index is 0.409. The Balaban J connectivity index is 0.876. The van der Waals surface area contributed by atoms with Crippen LogP contribution in [0.2, 0.25) is 0 Å². The van der Waals surface area contributed by atoms with Gasteiger partial charge in [-0.3, -0.25) is 0 Å². The molecular formula is C70H43N5OS. The summed E-state index contributed by atoms with van der Waals surface area (Å²) in [6.45, 7) is 0. The lowest BCUT2D eigenvalue weighted by molar-refractivity contribution is 0.669. The van der Waals surface area contributed by atoms with Crippen molar-refractivity contribution in [1.29, 1.82) is 0 Å². The van der Waals surface area contributed by atoms with E-state index in [1.807, 2.05) is 47.7 Å². The quantitative estimate of drug-likeness (QED) is 0.160. The number of furan rings is 1. The third-order valence-electron chi connectivity index (χ3n) is 16.2. The van der Waals surface area contributed by atoms with E-state index in [1.54, 1.807) is 0 Å². The molecule has 7 heteroatoms. The zero-order valence-corrected chi connectivity index (χ0v) is 42.2. The van der Waals surface area contributed by atoms with Crippen molar-refractivity contribution >= 4 is 91.7 Å². The van der Waals surface area contributed by atoms with Gasteiger partial charge in [0.05, 0.1) is 22.2 Å². The Morgan fingerprint density at radius 2 is 1.01 bits per heavy atom. The van der Waals surface area contributed by atoms with Gasteiger partial charge in [-0.25, -0.2) is 15.0 Å². The fourth-order valence-corrected chi connectivity index (χ4v) is 13.8. The molecule has 1 fully saturated rings. The van der Waals surface area contributed by atoms with Crippen LogP contribution in [0.4, 0.5) is 0 Å². The molecule has 77 heavy (non-hydrogen) atoms. The Kier molecular flexibility index (Phi) is 9.08. The van der Waals surface area contributed by atoms with Crippen LogP contribution in [0.25, 0.3) is 137 Å². The van der Waals surface area contributed by atoms with Gasteiger partial charge < -0.3 is 13.6 Å². The van der Waals surface area contributed by atoms with Gasteiger partial charge in [0.15, 0.2) is 17.5 Å². The first-order valence-corrected chi connectivity index (χ1v) is 27.2. The van der Waals surface area contributed by atoms with E-state index in [0.29, 0.717) is 29.3 Å². The first kappa shape index (κ1) is 42.6. The zero-order valence-electron chi connectivity index (χ0n) is 41.4. The number of allylic oxidation sites excluding steroid dienone is 1. The lowest BCUT2D eigenvalue weighted by Crippen LogP contribution is -2.06. The third kappa shape index (κ3) is 6.57. The largest absolute Gasteiger partial charge is 0.456 e. The molecule has 0 bridgehead atoms. The average Bonchev–Trinajstić information content (AvgIpc) is 3.93. The number of nitrogens with zero attached hydrogens (tertiary/aromatic N) is 5. The predicted octanol–water partition coefficient (Wildman–Crippen LogP) is 18.4. The number of hydrogen-bond acceptors (Lipinski definition) is 5. The Bertz CT molecular complexity index is 4940. The monoisotopic (exact) mass is 1000 g/mol. The summed E-state index contributed by atoms with van der Waals surface area (Å²) in [7, 11) is 0. The van der Waals surface area contributed by atoms with Gasteiger partial charge in [0.2, 0.25) is 0 Å². The maximum atomic E-state index is 6.38. The van der Waals surface area contributed by atoms with Crippen LogP contribution in [0.5, 0.6) is 0 Å². The van der Waals surface area contributed by atoms with Crippen molar-refractivity contribution in [2.45, 2.75) is 12.3 Å². The molecule has 10 aromatic carbocycles. The summed E-state index contributed by atoms with van der Waals surface area (Å²) in [6.07, 6.45) is 3.69. The predicted molar refractivity (Wildman–Crippen MR) is 317 cm³/mol. The molecule has 2 unspecified atom stereocenters.